The number of amides is 1. The largest absolute Gasteiger partial charge is 0.387 e. The van der Waals surface area contributed by atoms with E-state index in [0.717, 1.165) is 24.8 Å². The van der Waals surface area contributed by atoms with Crippen LogP contribution in [0.3, 0.4) is 0 Å². The number of pyridine rings is 2. The van der Waals surface area contributed by atoms with Crippen molar-refractivity contribution in [2.24, 2.45) is 5.92 Å². The van der Waals surface area contributed by atoms with Crippen molar-refractivity contribution in [3.05, 3.63) is 60.1 Å². The number of carbonyl (C=O) groups is 2. The first-order valence-electron chi connectivity index (χ1n) is 9.61. The lowest BCUT2D eigenvalue weighted by Gasteiger charge is -2.25. The molecule has 2 aromatic rings. The fourth-order valence-electron chi connectivity index (χ4n) is 3.78. The average Bonchev–Trinajstić information content (AvgIpc) is 3.15. The van der Waals surface area contributed by atoms with Crippen LogP contribution in [0, 0.1) is 5.92 Å². The highest BCUT2D eigenvalue weighted by Crippen LogP contribution is 2.32. The molecular formula is C21H23N5O2. The van der Waals surface area contributed by atoms with Crippen LogP contribution < -0.4 is 16.0 Å². The third-order valence-corrected chi connectivity index (χ3v) is 5.17. The number of Topliss-reactive ketones (excluding diaryl/α,β-unsaturated/α-hetero) is 1. The second-order valence-corrected chi connectivity index (χ2v) is 7.11. The molecule has 7 nitrogen and oxygen atoms in total. The number of carbonyl (C=O) groups excluding carboxylic acids is 2. The van der Waals surface area contributed by atoms with Crippen LogP contribution in [0.15, 0.2) is 54.5 Å². The van der Waals surface area contributed by atoms with Crippen molar-refractivity contribution in [2.45, 2.75) is 31.7 Å². The second kappa shape index (κ2) is 8.21. The number of hydrogen-bond acceptors (Lipinski definition) is 6. The molecule has 1 aliphatic heterocycles. The summed E-state index contributed by atoms with van der Waals surface area (Å²) in [5.41, 5.74) is 1.65. The Morgan fingerprint density at radius 2 is 2.11 bits per heavy atom. The van der Waals surface area contributed by atoms with Gasteiger partial charge in [0.05, 0.1) is 5.92 Å². The van der Waals surface area contributed by atoms with Crippen LogP contribution in [0.5, 0.6) is 0 Å². The number of ketones is 1. The summed E-state index contributed by atoms with van der Waals surface area (Å²) in [4.78, 5) is 33.5. The lowest BCUT2D eigenvalue weighted by molar-refractivity contribution is -0.125. The van der Waals surface area contributed by atoms with Crippen LogP contribution in [0.2, 0.25) is 0 Å². The number of hydrogen-bond donors (Lipinski definition) is 3. The molecule has 1 saturated carbocycles. The summed E-state index contributed by atoms with van der Waals surface area (Å²) in [5.74, 6) is 0.682. The maximum atomic E-state index is 12.7. The SMILES string of the molecule is O=C(Nc1cccc(NCCc2cccnc2)n1)C1=CNC2CCCC(=O)C12. The number of anilines is 2. The predicted octanol–water partition coefficient (Wildman–Crippen LogP) is 2.29. The maximum absolute atomic E-state index is 12.7. The van der Waals surface area contributed by atoms with Crippen molar-refractivity contribution in [3.8, 4) is 0 Å². The summed E-state index contributed by atoms with van der Waals surface area (Å²) in [6.45, 7) is 0.712. The molecule has 2 aliphatic rings. The van der Waals surface area contributed by atoms with Gasteiger partial charge in [-0.25, -0.2) is 4.98 Å². The van der Waals surface area contributed by atoms with Gasteiger partial charge in [0.15, 0.2) is 0 Å². The van der Waals surface area contributed by atoms with Gasteiger partial charge in [-0.15, -0.1) is 0 Å². The molecular weight excluding hydrogens is 354 g/mol. The van der Waals surface area contributed by atoms with Crippen LogP contribution in [-0.4, -0.2) is 34.2 Å². The van der Waals surface area contributed by atoms with Gasteiger partial charge in [-0.3, -0.25) is 14.6 Å². The summed E-state index contributed by atoms with van der Waals surface area (Å²) in [5, 5.41) is 9.26. The molecule has 2 aromatic heterocycles. The molecule has 0 saturated heterocycles. The quantitative estimate of drug-likeness (QED) is 0.715. The van der Waals surface area contributed by atoms with Crippen LogP contribution in [-0.2, 0) is 16.0 Å². The highest BCUT2D eigenvalue weighted by atomic mass is 16.2. The summed E-state index contributed by atoms with van der Waals surface area (Å²) >= 11 is 0. The lowest BCUT2D eigenvalue weighted by Crippen LogP contribution is -2.38. The van der Waals surface area contributed by atoms with Gasteiger partial charge < -0.3 is 16.0 Å². The van der Waals surface area contributed by atoms with E-state index in [9.17, 15) is 9.59 Å². The number of nitrogens with one attached hydrogen (secondary N) is 3. The minimum atomic E-state index is -0.338. The molecule has 28 heavy (non-hydrogen) atoms. The molecule has 3 heterocycles. The Kier molecular flexibility index (Phi) is 5.32. The molecule has 1 aliphatic carbocycles. The van der Waals surface area contributed by atoms with Gasteiger partial charge in [-0.1, -0.05) is 12.1 Å². The van der Waals surface area contributed by atoms with E-state index in [1.165, 1.54) is 0 Å². The van der Waals surface area contributed by atoms with Crippen LogP contribution in [0.25, 0.3) is 0 Å². The molecule has 144 valence electrons. The average molecular weight is 377 g/mol. The smallest absolute Gasteiger partial charge is 0.255 e. The van der Waals surface area contributed by atoms with E-state index in [2.05, 4.69) is 25.9 Å². The number of aromatic nitrogens is 2. The van der Waals surface area contributed by atoms with Crippen LogP contribution >= 0.6 is 0 Å². The summed E-state index contributed by atoms with van der Waals surface area (Å²) in [6.07, 6.45) is 8.45. The molecule has 2 atom stereocenters. The van der Waals surface area contributed by atoms with Crippen LogP contribution in [0.1, 0.15) is 24.8 Å². The minimum absolute atomic E-state index is 0.0513. The van der Waals surface area contributed by atoms with Crippen molar-refractivity contribution in [1.82, 2.24) is 15.3 Å². The standard InChI is InChI=1S/C21H23N5O2/c27-17-6-1-5-16-20(17)15(13-24-16)21(28)26-19-8-2-7-18(25-19)23-11-9-14-4-3-10-22-12-14/h2-4,7-8,10,12-13,16,20,24H,1,5-6,9,11H2,(H2,23,25,26,28). The summed E-state index contributed by atoms with van der Waals surface area (Å²) in [6, 6.07) is 9.43. The third kappa shape index (κ3) is 4.03. The normalized spacial score (nSPS) is 20.7. The molecule has 0 radical (unpaired) electrons. The first-order valence-corrected chi connectivity index (χ1v) is 9.61. The fraction of sp³-hybridized carbons (Fsp3) is 0.333. The van der Waals surface area contributed by atoms with Crippen molar-refractivity contribution in [1.29, 1.82) is 0 Å². The Balaban J connectivity index is 1.35. The lowest BCUT2D eigenvalue weighted by atomic mass is 9.81. The Hall–Kier alpha value is -3.22. The molecule has 2 unspecified atom stereocenters. The van der Waals surface area contributed by atoms with Gasteiger partial charge in [0.25, 0.3) is 5.91 Å². The molecule has 4 rings (SSSR count). The van der Waals surface area contributed by atoms with E-state index in [1.54, 1.807) is 18.5 Å². The maximum Gasteiger partial charge on any atom is 0.255 e. The monoisotopic (exact) mass is 377 g/mol. The van der Waals surface area contributed by atoms with Crippen LogP contribution in [0.4, 0.5) is 11.6 Å². The molecule has 1 amide bonds. The van der Waals surface area contributed by atoms with E-state index in [1.807, 2.05) is 30.5 Å². The minimum Gasteiger partial charge on any atom is -0.387 e. The van der Waals surface area contributed by atoms with E-state index in [4.69, 9.17) is 0 Å². The van der Waals surface area contributed by atoms with E-state index in [0.29, 0.717) is 30.2 Å². The van der Waals surface area contributed by atoms with Gasteiger partial charge in [-0.05, 0) is 43.0 Å². The van der Waals surface area contributed by atoms with Crippen molar-refractivity contribution < 1.29 is 9.59 Å². The topological polar surface area (TPSA) is 96.0 Å². The Labute approximate surface area is 163 Å². The molecule has 0 bridgehead atoms. The Morgan fingerprint density at radius 3 is 2.96 bits per heavy atom. The van der Waals surface area contributed by atoms with E-state index in [-0.39, 0.29) is 23.7 Å². The Morgan fingerprint density at radius 1 is 1.21 bits per heavy atom. The molecule has 1 fully saturated rings. The molecule has 3 N–H and O–H groups in total. The molecule has 7 heteroatoms. The molecule has 0 spiro atoms. The van der Waals surface area contributed by atoms with Gasteiger partial charge in [0.2, 0.25) is 0 Å². The zero-order valence-corrected chi connectivity index (χ0v) is 15.5. The number of fused-ring (bicyclic) bond motifs is 1. The third-order valence-electron chi connectivity index (χ3n) is 5.17. The van der Waals surface area contributed by atoms with Gasteiger partial charge in [-0.2, -0.15) is 0 Å². The second-order valence-electron chi connectivity index (χ2n) is 7.11. The first kappa shape index (κ1) is 18.2. The molecule has 0 aromatic carbocycles. The predicted molar refractivity (Wildman–Crippen MR) is 107 cm³/mol. The van der Waals surface area contributed by atoms with Gasteiger partial charge >= 0.3 is 0 Å². The zero-order chi connectivity index (χ0) is 19.3. The first-order chi connectivity index (χ1) is 13.7. The highest BCUT2D eigenvalue weighted by molar-refractivity contribution is 6.08. The van der Waals surface area contributed by atoms with Gasteiger partial charge in [0, 0.05) is 43.2 Å². The summed E-state index contributed by atoms with van der Waals surface area (Å²) in [7, 11) is 0. The van der Waals surface area contributed by atoms with Crippen molar-refractivity contribution >= 4 is 23.3 Å². The van der Waals surface area contributed by atoms with E-state index >= 15 is 0 Å². The van der Waals surface area contributed by atoms with E-state index < -0.39 is 0 Å². The van der Waals surface area contributed by atoms with Gasteiger partial charge in [0.1, 0.15) is 17.4 Å². The number of rotatable bonds is 6. The Bertz CT molecular complexity index is 897. The van der Waals surface area contributed by atoms with Crippen molar-refractivity contribution in [3.63, 3.8) is 0 Å². The summed E-state index contributed by atoms with van der Waals surface area (Å²) < 4.78 is 0. The fourth-order valence-corrected chi connectivity index (χ4v) is 3.78. The highest BCUT2D eigenvalue weighted by Gasteiger charge is 2.40. The zero-order valence-electron chi connectivity index (χ0n) is 15.5. The number of nitrogens with zero attached hydrogens (tertiary/aromatic N) is 2. The van der Waals surface area contributed by atoms with Crippen molar-refractivity contribution in [2.75, 3.05) is 17.2 Å².